The molecule has 0 saturated carbocycles. The molecule has 0 fully saturated rings. The zero-order valence-electron chi connectivity index (χ0n) is 22.1. The van der Waals surface area contributed by atoms with Gasteiger partial charge in [-0.25, -0.2) is 0 Å². The van der Waals surface area contributed by atoms with Crippen molar-refractivity contribution in [3.8, 4) is 16.9 Å². The molecule has 0 aliphatic rings. The van der Waals surface area contributed by atoms with Crippen molar-refractivity contribution >= 4 is 10.8 Å². The molecule has 0 amide bonds. The molecule has 0 N–H and O–H groups in total. The van der Waals surface area contributed by atoms with Crippen LogP contribution in [0.3, 0.4) is 0 Å². The summed E-state index contributed by atoms with van der Waals surface area (Å²) in [5, 5.41) is 2.58. The van der Waals surface area contributed by atoms with Crippen LogP contribution in [0, 0.1) is 6.92 Å². The van der Waals surface area contributed by atoms with Gasteiger partial charge in [0.2, 0.25) is 0 Å². The molecule has 182 valence electrons. The van der Waals surface area contributed by atoms with E-state index in [1.165, 1.54) is 44.2 Å². The van der Waals surface area contributed by atoms with E-state index in [2.05, 4.69) is 106 Å². The van der Waals surface area contributed by atoms with Crippen molar-refractivity contribution in [2.75, 3.05) is 7.11 Å². The van der Waals surface area contributed by atoms with E-state index in [4.69, 9.17) is 4.74 Å². The van der Waals surface area contributed by atoms with E-state index in [9.17, 15) is 0 Å². The van der Waals surface area contributed by atoms with E-state index in [1.807, 2.05) is 7.11 Å². The average molecular weight is 653 g/mol. The number of ether oxygens (including phenoxy) is 1. The van der Waals surface area contributed by atoms with Gasteiger partial charge in [-0.1, -0.05) is 87.4 Å². The van der Waals surface area contributed by atoms with Crippen LogP contribution >= 0.6 is 0 Å². The third-order valence-electron chi connectivity index (χ3n) is 6.07. The maximum Gasteiger partial charge on any atom is 0.111 e. The number of hydrogen-bond acceptors (Lipinski definition) is 1. The van der Waals surface area contributed by atoms with Crippen LogP contribution in [0.5, 0.6) is 5.75 Å². The molecule has 0 atom stereocenters. The third kappa shape index (κ3) is 6.71. The zero-order chi connectivity index (χ0) is 22.6. The molecule has 4 heteroatoms. The van der Waals surface area contributed by atoms with Gasteiger partial charge in [0.05, 0.1) is 7.11 Å². The van der Waals surface area contributed by atoms with Gasteiger partial charge in [-0.05, 0) is 44.1 Å². The fourth-order valence-electron chi connectivity index (χ4n) is 4.18. The van der Waals surface area contributed by atoms with Gasteiger partial charge in [0, 0.05) is 25.8 Å². The van der Waals surface area contributed by atoms with E-state index in [0.29, 0.717) is 0 Å². The Morgan fingerprint density at radius 2 is 1.18 bits per heavy atom. The predicted octanol–water partition coefficient (Wildman–Crippen LogP) is 2.44. The summed E-state index contributed by atoms with van der Waals surface area (Å²) in [7, 11) is 1.81. The Balaban J connectivity index is 0.00000341. The standard InChI is InChI=1S/C29H39O.2ClH.Hf/c1-18-12-19-16-24(29(8,9)10)26(30-11)25(23(19)13-18)20-14-21(27(2,3)4)17-22(15-20)28(5,6)7;;;/h12-17H,1-11H3;2*1H;/q-1;;;/p-2. The van der Waals surface area contributed by atoms with Crippen LogP contribution in [-0.2, 0) is 42.1 Å². The number of benzene rings is 2. The van der Waals surface area contributed by atoms with E-state index in [0.717, 1.165) is 5.75 Å². The summed E-state index contributed by atoms with van der Waals surface area (Å²) in [5.41, 5.74) is 7.91. The number of hydrogen-bond donors (Lipinski definition) is 0. The molecule has 0 spiro atoms. The molecule has 0 heterocycles. The van der Waals surface area contributed by atoms with Crippen molar-refractivity contribution in [3.05, 3.63) is 58.7 Å². The SMILES string of the molecule is COc1c(C(C)(C)C)cc2[cH-]c(C)cc2c1-c1cc(C(C)(C)C)cc(C(C)(C)C)c1.[Cl-].[Cl-].[Hf]. The minimum absolute atomic E-state index is 0. The molecule has 0 bridgehead atoms. The smallest absolute Gasteiger partial charge is 0.111 e. The van der Waals surface area contributed by atoms with Crippen molar-refractivity contribution in [1.82, 2.24) is 0 Å². The molecular formula is C29H39Cl2HfO-3. The van der Waals surface area contributed by atoms with Gasteiger partial charge >= 0.3 is 0 Å². The van der Waals surface area contributed by atoms with Crippen molar-refractivity contribution in [1.29, 1.82) is 0 Å². The normalized spacial score (nSPS) is 12.0. The molecule has 0 aliphatic carbocycles. The summed E-state index contributed by atoms with van der Waals surface area (Å²) in [6, 6.07) is 14.1. The molecule has 0 radical (unpaired) electrons. The first-order valence-corrected chi connectivity index (χ1v) is 11.1. The first-order valence-electron chi connectivity index (χ1n) is 11.1. The fourth-order valence-corrected chi connectivity index (χ4v) is 4.18. The minimum Gasteiger partial charge on any atom is -1.00 e. The molecular weight excluding hydrogens is 614 g/mol. The van der Waals surface area contributed by atoms with Crippen molar-refractivity contribution in [3.63, 3.8) is 0 Å². The van der Waals surface area contributed by atoms with E-state index in [-0.39, 0.29) is 66.9 Å². The Morgan fingerprint density at radius 1 is 0.697 bits per heavy atom. The van der Waals surface area contributed by atoms with Gasteiger partial charge in [-0.3, -0.25) is 0 Å². The quantitative estimate of drug-likeness (QED) is 0.306. The van der Waals surface area contributed by atoms with Gasteiger partial charge in [0.25, 0.3) is 0 Å². The first kappa shape index (κ1) is 32.3. The van der Waals surface area contributed by atoms with Crippen LogP contribution in [-0.4, -0.2) is 7.11 Å². The van der Waals surface area contributed by atoms with Crippen LogP contribution in [0.25, 0.3) is 21.9 Å². The fraction of sp³-hybridized carbons (Fsp3) is 0.483. The number of aryl methyl sites for hydroxylation is 1. The Morgan fingerprint density at radius 3 is 1.58 bits per heavy atom. The second-order valence-electron chi connectivity index (χ2n) is 11.9. The second kappa shape index (κ2) is 10.9. The summed E-state index contributed by atoms with van der Waals surface area (Å²) < 4.78 is 6.13. The van der Waals surface area contributed by atoms with Crippen molar-refractivity contribution in [2.24, 2.45) is 0 Å². The van der Waals surface area contributed by atoms with Crippen molar-refractivity contribution < 1.29 is 55.4 Å². The van der Waals surface area contributed by atoms with Crippen LogP contribution < -0.4 is 29.6 Å². The van der Waals surface area contributed by atoms with E-state index >= 15 is 0 Å². The molecule has 3 aromatic rings. The van der Waals surface area contributed by atoms with Crippen molar-refractivity contribution in [2.45, 2.75) is 85.5 Å². The average Bonchev–Trinajstić information content (AvgIpc) is 2.97. The molecule has 3 rings (SSSR count). The first-order chi connectivity index (χ1) is 13.6. The molecule has 0 saturated heterocycles. The molecule has 0 unspecified atom stereocenters. The second-order valence-corrected chi connectivity index (χ2v) is 11.9. The van der Waals surface area contributed by atoms with Gasteiger partial charge in [-0.2, -0.15) is 6.07 Å². The van der Waals surface area contributed by atoms with Crippen LogP contribution in [0.4, 0.5) is 0 Å². The molecule has 0 aromatic heterocycles. The van der Waals surface area contributed by atoms with Crippen LogP contribution in [0.15, 0.2) is 36.4 Å². The Kier molecular flexibility index (Phi) is 10.7. The summed E-state index contributed by atoms with van der Waals surface area (Å²) in [6.45, 7) is 22.8. The maximum absolute atomic E-state index is 6.13. The Bertz CT molecular complexity index is 1060. The van der Waals surface area contributed by atoms with E-state index in [1.54, 1.807) is 0 Å². The topological polar surface area (TPSA) is 9.23 Å². The Labute approximate surface area is 233 Å². The third-order valence-corrected chi connectivity index (χ3v) is 6.07. The Hall–Kier alpha value is -0.700. The summed E-state index contributed by atoms with van der Waals surface area (Å²) in [6.07, 6.45) is 0. The van der Waals surface area contributed by atoms with Gasteiger partial charge in [0.1, 0.15) is 5.75 Å². The number of methoxy groups -OCH3 is 1. The van der Waals surface area contributed by atoms with E-state index < -0.39 is 0 Å². The summed E-state index contributed by atoms with van der Waals surface area (Å²) in [5.74, 6) is 1.01. The van der Waals surface area contributed by atoms with Gasteiger partial charge < -0.3 is 29.6 Å². The number of halogens is 2. The van der Waals surface area contributed by atoms with Crippen LogP contribution in [0.1, 0.15) is 84.6 Å². The zero-order valence-corrected chi connectivity index (χ0v) is 27.2. The monoisotopic (exact) mass is 653 g/mol. The van der Waals surface area contributed by atoms with Gasteiger partial charge in [-0.15, -0.1) is 28.5 Å². The number of fused-ring (bicyclic) bond motifs is 1. The van der Waals surface area contributed by atoms with Crippen LogP contribution in [0.2, 0.25) is 0 Å². The molecule has 1 nitrogen and oxygen atoms in total. The largest absolute Gasteiger partial charge is 1.00 e. The summed E-state index contributed by atoms with van der Waals surface area (Å²) >= 11 is 0. The number of rotatable bonds is 2. The summed E-state index contributed by atoms with van der Waals surface area (Å²) in [4.78, 5) is 0. The molecule has 33 heavy (non-hydrogen) atoms. The van der Waals surface area contributed by atoms with Gasteiger partial charge in [0.15, 0.2) is 0 Å². The minimum atomic E-state index is -0.00600. The maximum atomic E-state index is 6.13. The molecule has 0 aliphatic heterocycles. The molecule has 3 aromatic carbocycles. The predicted molar refractivity (Wildman–Crippen MR) is 132 cm³/mol.